The molecule has 0 aliphatic heterocycles. The van der Waals surface area contributed by atoms with Gasteiger partial charge in [-0.2, -0.15) is 0 Å². The zero-order chi connectivity index (χ0) is 21.8. The minimum Gasteiger partial charge on any atom is -0.496 e. The molecule has 0 atom stereocenters. The number of nitrogens with two attached hydrogens (primary N) is 1. The molecule has 1 fully saturated rings. The number of aromatic amines is 1. The first kappa shape index (κ1) is 19.6. The van der Waals surface area contributed by atoms with Crippen LogP contribution in [0.25, 0.3) is 32.8 Å². The number of hydrogen-bond acceptors (Lipinski definition) is 4. The van der Waals surface area contributed by atoms with Crippen molar-refractivity contribution in [1.29, 1.82) is 0 Å². The molecule has 0 bridgehead atoms. The summed E-state index contributed by atoms with van der Waals surface area (Å²) in [7, 11) is 3.26. The molecule has 3 aromatic carbocycles. The maximum Gasteiger partial charge on any atom is 0.260 e. The molecule has 1 aliphatic carbocycles. The monoisotopic (exact) mass is 414 g/mol. The van der Waals surface area contributed by atoms with Crippen molar-refractivity contribution in [2.24, 2.45) is 5.73 Å². The molecule has 3 N–H and O–H groups in total. The summed E-state index contributed by atoms with van der Waals surface area (Å²) in [6.07, 6.45) is 2.29. The second-order valence-electron chi connectivity index (χ2n) is 8.42. The maximum absolute atomic E-state index is 12.9. The third-order valence-electron chi connectivity index (χ3n) is 6.72. The number of methoxy groups -OCH3 is 2. The molecular formula is C26H26N2O3. The van der Waals surface area contributed by atoms with E-state index < -0.39 is 0 Å². The van der Waals surface area contributed by atoms with Gasteiger partial charge in [0.15, 0.2) is 0 Å². The summed E-state index contributed by atoms with van der Waals surface area (Å²) < 4.78 is 11.3. The Morgan fingerprint density at radius 1 is 1.00 bits per heavy atom. The van der Waals surface area contributed by atoms with E-state index in [0.29, 0.717) is 17.7 Å². The zero-order valence-corrected chi connectivity index (χ0v) is 18.0. The summed E-state index contributed by atoms with van der Waals surface area (Å²) in [6, 6.07) is 16.3. The summed E-state index contributed by atoms with van der Waals surface area (Å²) in [5.74, 6) is 1.33. The Bertz CT molecular complexity index is 1370. The Labute approximate surface area is 180 Å². The molecule has 158 valence electrons. The molecule has 0 amide bonds. The van der Waals surface area contributed by atoms with Crippen molar-refractivity contribution in [3.63, 3.8) is 0 Å². The van der Waals surface area contributed by atoms with Crippen LogP contribution in [0.5, 0.6) is 11.5 Å². The molecule has 0 spiro atoms. The number of benzene rings is 3. The molecule has 0 radical (unpaired) electrons. The van der Waals surface area contributed by atoms with Gasteiger partial charge in [-0.25, -0.2) is 0 Å². The minimum atomic E-state index is -0.159. The van der Waals surface area contributed by atoms with Gasteiger partial charge in [-0.1, -0.05) is 36.4 Å². The first-order chi connectivity index (χ1) is 15.0. The Hall–Kier alpha value is -3.31. The Balaban J connectivity index is 1.86. The Morgan fingerprint density at radius 3 is 2.32 bits per heavy atom. The highest BCUT2D eigenvalue weighted by molar-refractivity contribution is 6.16. The van der Waals surface area contributed by atoms with Crippen LogP contribution in [0, 0.1) is 6.92 Å². The van der Waals surface area contributed by atoms with Gasteiger partial charge in [-0.05, 0) is 48.6 Å². The lowest BCUT2D eigenvalue weighted by Gasteiger charge is -2.18. The molecule has 1 aromatic heterocycles. The van der Waals surface area contributed by atoms with Gasteiger partial charge in [0, 0.05) is 28.3 Å². The van der Waals surface area contributed by atoms with E-state index in [1.54, 1.807) is 14.2 Å². The molecular weight excluding hydrogens is 388 g/mol. The van der Waals surface area contributed by atoms with E-state index in [9.17, 15) is 4.79 Å². The van der Waals surface area contributed by atoms with Crippen molar-refractivity contribution in [3.05, 3.63) is 70.0 Å². The molecule has 0 saturated heterocycles. The van der Waals surface area contributed by atoms with Gasteiger partial charge in [0.05, 0.1) is 25.1 Å². The van der Waals surface area contributed by atoms with Crippen LogP contribution < -0.4 is 20.8 Å². The third-order valence-corrected chi connectivity index (χ3v) is 6.72. The summed E-state index contributed by atoms with van der Waals surface area (Å²) in [4.78, 5) is 16.0. The van der Waals surface area contributed by atoms with Gasteiger partial charge in [0.1, 0.15) is 11.5 Å². The number of hydrogen-bond donors (Lipinski definition) is 2. The van der Waals surface area contributed by atoms with Crippen LogP contribution in [0.15, 0.2) is 53.3 Å². The van der Waals surface area contributed by atoms with Gasteiger partial charge in [-0.15, -0.1) is 0 Å². The molecule has 4 aromatic rings. The molecule has 5 heteroatoms. The number of fused-ring (bicyclic) bond motifs is 3. The molecule has 1 heterocycles. The van der Waals surface area contributed by atoms with E-state index in [2.05, 4.69) is 29.2 Å². The van der Waals surface area contributed by atoms with Crippen LogP contribution >= 0.6 is 0 Å². The van der Waals surface area contributed by atoms with E-state index in [1.807, 2.05) is 31.2 Å². The first-order valence-corrected chi connectivity index (χ1v) is 10.5. The normalized spacial score (nSPS) is 14.7. The molecule has 1 aliphatic rings. The fourth-order valence-electron chi connectivity index (χ4n) is 4.74. The predicted molar refractivity (Wildman–Crippen MR) is 125 cm³/mol. The Kier molecular flexibility index (Phi) is 4.52. The van der Waals surface area contributed by atoms with E-state index >= 15 is 0 Å². The van der Waals surface area contributed by atoms with Gasteiger partial charge >= 0.3 is 0 Å². The van der Waals surface area contributed by atoms with Crippen molar-refractivity contribution >= 4 is 21.7 Å². The van der Waals surface area contributed by atoms with Crippen LogP contribution in [-0.2, 0) is 5.41 Å². The van der Waals surface area contributed by atoms with E-state index in [0.717, 1.165) is 51.6 Å². The number of rotatable bonds is 5. The number of aromatic nitrogens is 1. The third kappa shape index (κ3) is 2.92. The minimum absolute atomic E-state index is 0.142. The standard InChI is InChI=1S/C26H26N2O3/c1-15-13-20(31-3)21(16-7-9-17(10-8-16)26(14-27)11-12-26)23-18-5-4-6-19(30-2)22(18)25(29)28-24(15)23/h4-10,13H,11-12,14,27H2,1-3H3,(H,28,29). The summed E-state index contributed by atoms with van der Waals surface area (Å²) in [5, 5.41) is 2.35. The van der Waals surface area contributed by atoms with Crippen LogP contribution in [-0.4, -0.2) is 25.7 Å². The second-order valence-corrected chi connectivity index (χ2v) is 8.42. The lowest BCUT2D eigenvalue weighted by Crippen LogP contribution is -2.19. The predicted octanol–water partition coefficient (Wildman–Crippen LogP) is 4.66. The zero-order valence-electron chi connectivity index (χ0n) is 18.0. The smallest absolute Gasteiger partial charge is 0.260 e. The largest absolute Gasteiger partial charge is 0.496 e. The first-order valence-electron chi connectivity index (χ1n) is 10.5. The van der Waals surface area contributed by atoms with Crippen molar-refractivity contribution < 1.29 is 9.47 Å². The SMILES string of the molecule is COc1cc(C)c2[nH]c(=O)c3c(OC)cccc3c2c1-c1ccc(C2(CN)CC2)cc1. The van der Waals surface area contributed by atoms with E-state index in [1.165, 1.54) is 5.56 Å². The lowest BCUT2D eigenvalue weighted by molar-refractivity contribution is 0.416. The highest BCUT2D eigenvalue weighted by Crippen LogP contribution is 2.48. The second kappa shape index (κ2) is 7.13. The average Bonchev–Trinajstić information content (AvgIpc) is 3.60. The van der Waals surface area contributed by atoms with Gasteiger partial charge in [0.2, 0.25) is 0 Å². The van der Waals surface area contributed by atoms with Crippen molar-refractivity contribution in [2.75, 3.05) is 20.8 Å². The molecule has 31 heavy (non-hydrogen) atoms. The number of nitrogens with one attached hydrogen (secondary N) is 1. The fraction of sp³-hybridized carbons (Fsp3) is 0.269. The fourth-order valence-corrected chi connectivity index (χ4v) is 4.74. The van der Waals surface area contributed by atoms with Crippen LogP contribution in [0.2, 0.25) is 0 Å². The highest BCUT2D eigenvalue weighted by Gasteiger charge is 2.42. The summed E-state index contributed by atoms with van der Waals surface area (Å²) >= 11 is 0. The number of pyridine rings is 1. The average molecular weight is 415 g/mol. The molecule has 5 rings (SSSR count). The molecule has 1 saturated carbocycles. The molecule has 0 unspecified atom stereocenters. The van der Waals surface area contributed by atoms with Crippen LogP contribution in [0.1, 0.15) is 24.0 Å². The highest BCUT2D eigenvalue weighted by atomic mass is 16.5. The van der Waals surface area contributed by atoms with E-state index in [4.69, 9.17) is 15.2 Å². The number of H-pyrrole nitrogens is 1. The lowest BCUT2D eigenvalue weighted by atomic mass is 9.90. The summed E-state index contributed by atoms with van der Waals surface area (Å²) in [5.41, 5.74) is 11.1. The number of aryl methyl sites for hydroxylation is 1. The Morgan fingerprint density at radius 2 is 1.71 bits per heavy atom. The van der Waals surface area contributed by atoms with E-state index in [-0.39, 0.29) is 11.0 Å². The summed E-state index contributed by atoms with van der Waals surface area (Å²) in [6.45, 7) is 2.66. The quantitative estimate of drug-likeness (QED) is 0.466. The van der Waals surface area contributed by atoms with Gasteiger partial charge < -0.3 is 20.2 Å². The van der Waals surface area contributed by atoms with Crippen LogP contribution in [0.3, 0.4) is 0 Å². The van der Waals surface area contributed by atoms with Crippen LogP contribution in [0.4, 0.5) is 0 Å². The van der Waals surface area contributed by atoms with Crippen molar-refractivity contribution in [3.8, 4) is 22.6 Å². The maximum atomic E-state index is 12.9. The molecule has 5 nitrogen and oxygen atoms in total. The topological polar surface area (TPSA) is 77.3 Å². The number of ether oxygens (including phenoxy) is 2. The van der Waals surface area contributed by atoms with Crippen molar-refractivity contribution in [2.45, 2.75) is 25.2 Å². The van der Waals surface area contributed by atoms with Crippen molar-refractivity contribution in [1.82, 2.24) is 4.98 Å². The van der Waals surface area contributed by atoms with Gasteiger partial charge in [-0.3, -0.25) is 4.79 Å². The van der Waals surface area contributed by atoms with Gasteiger partial charge in [0.25, 0.3) is 5.56 Å².